The summed E-state index contributed by atoms with van der Waals surface area (Å²) >= 11 is 3.43. The fraction of sp³-hybridized carbons (Fsp3) is 0.462. The maximum absolute atomic E-state index is 10.9. The van der Waals surface area contributed by atoms with Crippen LogP contribution in [0.2, 0.25) is 0 Å². The molecule has 0 bridgehead atoms. The molecular weight excluding hydrogens is 282 g/mol. The number of carbonyl (C=O) groups is 1. The highest BCUT2D eigenvalue weighted by atomic mass is 79.9. The van der Waals surface area contributed by atoms with Crippen LogP contribution in [0.3, 0.4) is 0 Å². The maximum Gasteiger partial charge on any atom is 0.308 e. The van der Waals surface area contributed by atoms with Gasteiger partial charge in [-0.05, 0) is 37.6 Å². The molecule has 3 nitrogen and oxygen atoms in total. The lowest BCUT2D eigenvalue weighted by atomic mass is 10.1. The summed E-state index contributed by atoms with van der Waals surface area (Å²) < 4.78 is 1.04. The van der Waals surface area contributed by atoms with Gasteiger partial charge in [0.2, 0.25) is 0 Å². The molecule has 4 heteroatoms. The molecule has 0 saturated heterocycles. The number of hydrogen-bond donors (Lipinski definition) is 1. The van der Waals surface area contributed by atoms with Crippen LogP contribution in [-0.4, -0.2) is 24.2 Å². The molecule has 0 spiro atoms. The molecule has 0 radical (unpaired) electrons. The Hall–Kier alpha value is -1.03. The second kappa shape index (κ2) is 6.05. The van der Waals surface area contributed by atoms with Crippen molar-refractivity contribution in [3.8, 4) is 0 Å². The van der Waals surface area contributed by atoms with E-state index in [2.05, 4.69) is 20.8 Å². The summed E-state index contributed by atoms with van der Waals surface area (Å²) in [6.07, 6.45) is 0. The Labute approximate surface area is 111 Å². The van der Waals surface area contributed by atoms with Crippen LogP contribution in [0.25, 0.3) is 0 Å². The molecule has 1 aromatic carbocycles. The van der Waals surface area contributed by atoms with Crippen LogP contribution < -0.4 is 4.90 Å². The molecule has 1 rings (SSSR count). The largest absolute Gasteiger partial charge is 0.481 e. The van der Waals surface area contributed by atoms with E-state index >= 15 is 0 Å². The highest BCUT2D eigenvalue weighted by molar-refractivity contribution is 9.10. The number of carboxylic acids is 1. The first-order valence-corrected chi connectivity index (χ1v) is 6.49. The number of hydrogen-bond acceptors (Lipinski definition) is 2. The minimum atomic E-state index is -0.752. The van der Waals surface area contributed by atoms with E-state index in [0.717, 1.165) is 22.3 Å². The molecule has 0 fully saturated rings. The highest BCUT2D eigenvalue weighted by Crippen LogP contribution is 2.24. The van der Waals surface area contributed by atoms with Gasteiger partial charge >= 0.3 is 5.97 Å². The minimum Gasteiger partial charge on any atom is -0.481 e. The Morgan fingerprint density at radius 1 is 1.53 bits per heavy atom. The zero-order chi connectivity index (χ0) is 13.0. The molecule has 1 unspecified atom stereocenters. The van der Waals surface area contributed by atoms with E-state index in [9.17, 15) is 4.79 Å². The number of halogens is 1. The third-order valence-electron chi connectivity index (χ3n) is 2.80. The first-order chi connectivity index (χ1) is 7.95. The van der Waals surface area contributed by atoms with Crippen molar-refractivity contribution >= 4 is 27.6 Å². The quantitative estimate of drug-likeness (QED) is 0.907. The van der Waals surface area contributed by atoms with Crippen LogP contribution in [0.15, 0.2) is 22.7 Å². The van der Waals surface area contributed by atoms with Crippen molar-refractivity contribution in [2.24, 2.45) is 5.92 Å². The number of rotatable bonds is 5. The third kappa shape index (κ3) is 3.73. The average molecular weight is 300 g/mol. The highest BCUT2D eigenvalue weighted by Gasteiger charge is 2.16. The van der Waals surface area contributed by atoms with Gasteiger partial charge < -0.3 is 10.0 Å². The number of anilines is 1. The third-order valence-corrected chi connectivity index (χ3v) is 3.29. The number of carboxylic acid groups (broad SMARTS) is 1. The van der Waals surface area contributed by atoms with E-state index in [1.165, 1.54) is 0 Å². The monoisotopic (exact) mass is 299 g/mol. The summed E-state index contributed by atoms with van der Waals surface area (Å²) in [7, 11) is 0. The molecule has 1 atom stereocenters. The van der Waals surface area contributed by atoms with Crippen LogP contribution in [-0.2, 0) is 4.79 Å². The Morgan fingerprint density at radius 3 is 2.65 bits per heavy atom. The maximum atomic E-state index is 10.9. The van der Waals surface area contributed by atoms with Gasteiger partial charge in [-0.25, -0.2) is 0 Å². The van der Waals surface area contributed by atoms with Gasteiger partial charge in [-0.2, -0.15) is 0 Å². The first-order valence-electron chi connectivity index (χ1n) is 5.69. The fourth-order valence-electron chi connectivity index (χ4n) is 1.78. The molecule has 0 aliphatic rings. The Balaban J connectivity index is 2.90. The first kappa shape index (κ1) is 14.0. The van der Waals surface area contributed by atoms with E-state index in [-0.39, 0.29) is 5.92 Å². The number of aliphatic carboxylic acids is 1. The Morgan fingerprint density at radius 2 is 2.18 bits per heavy atom. The molecular formula is C13H18BrNO2. The second-order valence-corrected chi connectivity index (χ2v) is 5.12. The van der Waals surface area contributed by atoms with Crippen LogP contribution >= 0.6 is 15.9 Å². The smallest absolute Gasteiger partial charge is 0.308 e. The van der Waals surface area contributed by atoms with E-state index in [1.807, 2.05) is 32.0 Å². The van der Waals surface area contributed by atoms with Crippen LogP contribution in [0, 0.1) is 12.8 Å². The number of benzene rings is 1. The zero-order valence-electron chi connectivity index (χ0n) is 10.4. The zero-order valence-corrected chi connectivity index (χ0v) is 12.0. The lowest BCUT2D eigenvalue weighted by molar-refractivity contribution is -0.140. The predicted molar refractivity (Wildman–Crippen MR) is 73.6 cm³/mol. The van der Waals surface area contributed by atoms with Gasteiger partial charge in [0.05, 0.1) is 5.92 Å². The normalized spacial score (nSPS) is 12.2. The Kier molecular flexibility index (Phi) is 5.00. The van der Waals surface area contributed by atoms with E-state index in [4.69, 9.17) is 5.11 Å². The van der Waals surface area contributed by atoms with Crippen molar-refractivity contribution in [2.45, 2.75) is 20.8 Å². The summed E-state index contributed by atoms with van der Waals surface area (Å²) in [5, 5.41) is 8.95. The van der Waals surface area contributed by atoms with Gasteiger partial charge in [-0.1, -0.05) is 22.9 Å². The second-order valence-electron chi connectivity index (χ2n) is 4.21. The molecule has 1 aromatic rings. The predicted octanol–water partition coefficient (Wildman–Crippen LogP) is 3.30. The average Bonchev–Trinajstić information content (AvgIpc) is 2.26. The van der Waals surface area contributed by atoms with Crippen molar-refractivity contribution in [3.63, 3.8) is 0 Å². The topological polar surface area (TPSA) is 40.5 Å². The van der Waals surface area contributed by atoms with Crippen LogP contribution in [0.1, 0.15) is 19.4 Å². The van der Waals surface area contributed by atoms with Gasteiger partial charge in [0.1, 0.15) is 0 Å². The molecule has 1 N–H and O–H groups in total. The van der Waals surface area contributed by atoms with Gasteiger partial charge in [-0.3, -0.25) is 4.79 Å². The number of nitrogens with zero attached hydrogens (tertiary/aromatic N) is 1. The summed E-state index contributed by atoms with van der Waals surface area (Å²) in [6.45, 7) is 7.15. The summed E-state index contributed by atoms with van der Waals surface area (Å²) in [5.41, 5.74) is 2.25. The molecule has 17 heavy (non-hydrogen) atoms. The SMILES string of the molecule is CCN(CC(C)C(=O)O)c1ccc(Br)cc1C. The summed E-state index contributed by atoms with van der Waals surface area (Å²) in [4.78, 5) is 13.0. The number of aryl methyl sites for hydroxylation is 1. The van der Waals surface area contributed by atoms with E-state index < -0.39 is 5.97 Å². The van der Waals surface area contributed by atoms with Gasteiger partial charge in [0, 0.05) is 23.2 Å². The van der Waals surface area contributed by atoms with E-state index in [1.54, 1.807) is 6.92 Å². The van der Waals surface area contributed by atoms with Crippen LogP contribution in [0.5, 0.6) is 0 Å². The summed E-state index contributed by atoms with van der Waals surface area (Å²) in [5.74, 6) is -1.11. The van der Waals surface area contributed by atoms with Crippen molar-refractivity contribution in [2.75, 3.05) is 18.0 Å². The van der Waals surface area contributed by atoms with Gasteiger partial charge in [0.15, 0.2) is 0 Å². The summed E-state index contributed by atoms with van der Waals surface area (Å²) in [6, 6.07) is 6.05. The van der Waals surface area contributed by atoms with Crippen molar-refractivity contribution in [1.82, 2.24) is 0 Å². The van der Waals surface area contributed by atoms with Crippen LogP contribution in [0.4, 0.5) is 5.69 Å². The van der Waals surface area contributed by atoms with Gasteiger partial charge in [0.25, 0.3) is 0 Å². The van der Waals surface area contributed by atoms with Crippen molar-refractivity contribution in [3.05, 3.63) is 28.2 Å². The molecule has 0 saturated carbocycles. The minimum absolute atomic E-state index is 0.363. The molecule has 0 aliphatic carbocycles. The van der Waals surface area contributed by atoms with Crippen molar-refractivity contribution in [1.29, 1.82) is 0 Å². The molecule has 94 valence electrons. The van der Waals surface area contributed by atoms with E-state index in [0.29, 0.717) is 6.54 Å². The van der Waals surface area contributed by atoms with Crippen molar-refractivity contribution < 1.29 is 9.90 Å². The fourth-order valence-corrected chi connectivity index (χ4v) is 2.26. The molecule has 0 heterocycles. The molecule has 0 amide bonds. The van der Waals surface area contributed by atoms with Gasteiger partial charge in [-0.15, -0.1) is 0 Å². The lowest BCUT2D eigenvalue weighted by Gasteiger charge is -2.26. The lowest BCUT2D eigenvalue weighted by Crippen LogP contribution is -2.32. The standard InChI is InChI=1S/C13H18BrNO2/c1-4-15(8-10(3)13(16)17)12-6-5-11(14)7-9(12)2/h5-7,10H,4,8H2,1-3H3,(H,16,17). The molecule has 0 aliphatic heterocycles. The molecule has 0 aromatic heterocycles. The Bertz CT molecular complexity index is 406.